The van der Waals surface area contributed by atoms with Crippen molar-refractivity contribution in [2.24, 2.45) is 0 Å². The molecule has 2 aliphatic rings. The molecule has 5 rings (SSSR count). The molecule has 1 saturated heterocycles. The average molecular weight is 526 g/mol. The van der Waals surface area contributed by atoms with E-state index in [1.165, 1.54) is 30.2 Å². The smallest absolute Gasteiger partial charge is 0.262 e. The molecule has 0 bridgehead atoms. The lowest BCUT2D eigenvalue weighted by Crippen LogP contribution is -2.29. The van der Waals surface area contributed by atoms with E-state index in [1.807, 2.05) is 0 Å². The number of hydrogen-bond donors (Lipinski definition) is 2. The second-order valence-electron chi connectivity index (χ2n) is 9.55. The Hall–Kier alpha value is -2.87. The number of para-hydroxylation sites is 1. The SMILES string of the molecule is Cc1cc(Nc2ncc(C(=O)Nc3c(Cl)cccc3Cl)c(OC3CC3)n2)ccc1C1CCN(C)CC1. The maximum Gasteiger partial charge on any atom is 0.262 e. The summed E-state index contributed by atoms with van der Waals surface area (Å²) >= 11 is 12.4. The lowest BCUT2D eigenvalue weighted by atomic mass is 9.87. The van der Waals surface area contributed by atoms with E-state index in [2.05, 4.69) is 57.7 Å². The number of hydrogen-bond acceptors (Lipinski definition) is 6. The molecule has 7 nitrogen and oxygen atoms in total. The Morgan fingerprint density at radius 1 is 1.08 bits per heavy atom. The number of carbonyl (C=O) groups is 1. The molecule has 36 heavy (non-hydrogen) atoms. The molecule has 1 aliphatic carbocycles. The number of ether oxygens (including phenoxy) is 1. The summed E-state index contributed by atoms with van der Waals surface area (Å²) in [5.41, 5.74) is 4.10. The van der Waals surface area contributed by atoms with Crippen LogP contribution in [0.4, 0.5) is 17.3 Å². The normalized spacial score (nSPS) is 16.6. The van der Waals surface area contributed by atoms with Crippen LogP contribution in [-0.2, 0) is 0 Å². The van der Waals surface area contributed by atoms with Crippen molar-refractivity contribution in [1.29, 1.82) is 0 Å². The van der Waals surface area contributed by atoms with E-state index in [0.29, 0.717) is 27.6 Å². The molecule has 0 unspecified atom stereocenters. The Balaban J connectivity index is 1.34. The Morgan fingerprint density at radius 3 is 2.47 bits per heavy atom. The maximum atomic E-state index is 13.1. The van der Waals surface area contributed by atoms with Crippen molar-refractivity contribution in [3.05, 3.63) is 69.3 Å². The summed E-state index contributed by atoms with van der Waals surface area (Å²) in [4.78, 5) is 24.3. The lowest BCUT2D eigenvalue weighted by Gasteiger charge is -2.30. The van der Waals surface area contributed by atoms with Gasteiger partial charge in [-0.3, -0.25) is 4.79 Å². The van der Waals surface area contributed by atoms with E-state index >= 15 is 0 Å². The first-order valence-electron chi connectivity index (χ1n) is 12.2. The number of aryl methyl sites for hydroxylation is 1. The van der Waals surface area contributed by atoms with Crippen molar-refractivity contribution in [3.63, 3.8) is 0 Å². The third kappa shape index (κ3) is 5.75. The fourth-order valence-corrected chi connectivity index (χ4v) is 4.97. The molecule has 0 atom stereocenters. The summed E-state index contributed by atoms with van der Waals surface area (Å²) in [6, 6.07) is 11.4. The highest BCUT2D eigenvalue weighted by Gasteiger charge is 2.28. The van der Waals surface area contributed by atoms with E-state index in [9.17, 15) is 4.79 Å². The van der Waals surface area contributed by atoms with E-state index in [-0.39, 0.29) is 17.5 Å². The summed E-state index contributed by atoms with van der Waals surface area (Å²) in [6.07, 6.45) is 5.74. The molecule has 0 spiro atoms. The molecule has 3 aromatic rings. The van der Waals surface area contributed by atoms with E-state index in [0.717, 1.165) is 31.6 Å². The zero-order valence-corrected chi connectivity index (χ0v) is 21.9. The fourth-order valence-electron chi connectivity index (χ4n) is 4.47. The molecule has 188 valence electrons. The quantitative estimate of drug-likeness (QED) is 0.369. The van der Waals surface area contributed by atoms with Crippen molar-refractivity contribution in [2.75, 3.05) is 30.8 Å². The summed E-state index contributed by atoms with van der Waals surface area (Å²) in [5, 5.41) is 6.72. The molecular formula is C27H29Cl2N5O2. The minimum Gasteiger partial charge on any atom is -0.474 e. The summed E-state index contributed by atoms with van der Waals surface area (Å²) < 4.78 is 5.96. The first-order chi connectivity index (χ1) is 17.4. The number of piperidine rings is 1. The Morgan fingerprint density at radius 2 is 1.81 bits per heavy atom. The van der Waals surface area contributed by atoms with Crippen LogP contribution in [0.3, 0.4) is 0 Å². The van der Waals surface area contributed by atoms with Gasteiger partial charge < -0.3 is 20.3 Å². The number of aromatic nitrogens is 2. The minimum atomic E-state index is -0.439. The van der Waals surface area contributed by atoms with Gasteiger partial charge in [-0.15, -0.1) is 0 Å². The molecule has 1 saturated carbocycles. The number of carbonyl (C=O) groups excluding carboxylic acids is 1. The van der Waals surface area contributed by atoms with Crippen LogP contribution in [0.2, 0.25) is 10.0 Å². The van der Waals surface area contributed by atoms with Gasteiger partial charge in [0.05, 0.1) is 15.7 Å². The lowest BCUT2D eigenvalue weighted by molar-refractivity contribution is 0.102. The average Bonchev–Trinajstić information content (AvgIpc) is 3.67. The third-order valence-electron chi connectivity index (χ3n) is 6.69. The predicted octanol–water partition coefficient (Wildman–Crippen LogP) is 6.44. The largest absolute Gasteiger partial charge is 0.474 e. The van der Waals surface area contributed by atoms with Gasteiger partial charge in [-0.2, -0.15) is 4.98 Å². The zero-order valence-electron chi connectivity index (χ0n) is 20.4. The molecule has 2 fully saturated rings. The van der Waals surface area contributed by atoms with Gasteiger partial charge >= 0.3 is 0 Å². The van der Waals surface area contributed by atoms with Crippen LogP contribution in [0.15, 0.2) is 42.6 Å². The van der Waals surface area contributed by atoms with Gasteiger partial charge in [-0.05, 0) is 94.1 Å². The zero-order chi connectivity index (χ0) is 25.2. The van der Waals surface area contributed by atoms with Crippen LogP contribution >= 0.6 is 23.2 Å². The molecule has 2 aromatic carbocycles. The first kappa shape index (κ1) is 24.8. The van der Waals surface area contributed by atoms with Crippen LogP contribution in [0.1, 0.15) is 53.1 Å². The molecule has 1 aromatic heterocycles. The van der Waals surface area contributed by atoms with Crippen LogP contribution in [0.5, 0.6) is 5.88 Å². The number of anilines is 3. The predicted molar refractivity (Wildman–Crippen MR) is 144 cm³/mol. The van der Waals surface area contributed by atoms with E-state index in [4.69, 9.17) is 27.9 Å². The van der Waals surface area contributed by atoms with Crippen molar-refractivity contribution < 1.29 is 9.53 Å². The van der Waals surface area contributed by atoms with Crippen molar-refractivity contribution in [2.45, 2.75) is 44.6 Å². The molecule has 1 aliphatic heterocycles. The Bertz CT molecular complexity index is 1250. The fraction of sp³-hybridized carbons (Fsp3) is 0.370. The summed E-state index contributed by atoms with van der Waals surface area (Å²) in [6.45, 7) is 4.41. The van der Waals surface area contributed by atoms with Crippen LogP contribution in [-0.4, -0.2) is 47.0 Å². The number of nitrogens with one attached hydrogen (secondary N) is 2. The number of rotatable bonds is 7. The van der Waals surface area contributed by atoms with Gasteiger partial charge in [0.25, 0.3) is 5.91 Å². The third-order valence-corrected chi connectivity index (χ3v) is 7.32. The molecule has 1 amide bonds. The van der Waals surface area contributed by atoms with Crippen LogP contribution in [0.25, 0.3) is 0 Å². The number of likely N-dealkylation sites (tertiary alicyclic amines) is 1. The van der Waals surface area contributed by atoms with E-state index < -0.39 is 5.91 Å². The van der Waals surface area contributed by atoms with Crippen LogP contribution < -0.4 is 15.4 Å². The summed E-state index contributed by atoms with van der Waals surface area (Å²) in [5.74, 6) is 0.750. The van der Waals surface area contributed by atoms with Gasteiger partial charge in [0, 0.05) is 11.9 Å². The first-order valence-corrected chi connectivity index (χ1v) is 13.0. The monoisotopic (exact) mass is 525 g/mol. The molecular weight excluding hydrogens is 497 g/mol. The standard InChI is InChI=1S/C27H29Cl2N5O2/c1-16-14-18(6-9-20(16)17-10-12-34(2)13-11-17)31-27-30-15-21(26(33-27)36-19-7-8-19)25(35)32-24-22(28)4-3-5-23(24)29/h3-6,9,14-15,17,19H,7-8,10-13H2,1-2H3,(H,32,35)(H,30,31,33). The number of amides is 1. The Kier molecular flexibility index (Phi) is 7.32. The Labute approximate surface area is 221 Å². The number of halogens is 2. The van der Waals surface area contributed by atoms with Gasteiger partial charge in [0.2, 0.25) is 11.8 Å². The minimum absolute atomic E-state index is 0.0549. The highest BCUT2D eigenvalue weighted by Crippen LogP contribution is 2.34. The second-order valence-corrected chi connectivity index (χ2v) is 10.4. The summed E-state index contributed by atoms with van der Waals surface area (Å²) in [7, 11) is 2.18. The second kappa shape index (κ2) is 10.6. The molecule has 0 radical (unpaired) electrons. The molecule has 2 heterocycles. The molecule has 9 heteroatoms. The van der Waals surface area contributed by atoms with Crippen molar-refractivity contribution >= 4 is 46.4 Å². The highest BCUT2D eigenvalue weighted by atomic mass is 35.5. The van der Waals surface area contributed by atoms with Gasteiger partial charge in [-0.25, -0.2) is 4.98 Å². The highest BCUT2D eigenvalue weighted by molar-refractivity contribution is 6.40. The van der Waals surface area contributed by atoms with Gasteiger partial charge in [0.1, 0.15) is 11.7 Å². The van der Waals surface area contributed by atoms with E-state index in [1.54, 1.807) is 18.2 Å². The van der Waals surface area contributed by atoms with Crippen molar-refractivity contribution in [3.8, 4) is 5.88 Å². The number of benzene rings is 2. The van der Waals surface area contributed by atoms with Crippen molar-refractivity contribution in [1.82, 2.24) is 14.9 Å². The van der Waals surface area contributed by atoms with Crippen LogP contribution in [0, 0.1) is 6.92 Å². The number of nitrogens with zero attached hydrogens (tertiary/aromatic N) is 3. The maximum absolute atomic E-state index is 13.1. The molecule has 2 N–H and O–H groups in total. The topological polar surface area (TPSA) is 79.4 Å². The van der Waals surface area contributed by atoms with Gasteiger partial charge in [-0.1, -0.05) is 35.3 Å². The van der Waals surface area contributed by atoms with Gasteiger partial charge in [0.15, 0.2) is 0 Å².